The van der Waals surface area contributed by atoms with Crippen LogP contribution in [0.4, 0.5) is 0 Å². The summed E-state index contributed by atoms with van der Waals surface area (Å²) < 4.78 is 0.480. The zero-order valence-electron chi connectivity index (χ0n) is 11.3. The highest BCUT2D eigenvalue weighted by atomic mass is 32.2. The molecule has 0 aliphatic carbocycles. The molecule has 1 saturated heterocycles. The van der Waals surface area contributed by atoms with Gasteiger partial charge in [0.15, 0.2) is 0 Å². The minimum absolute atomic E-state index is 0.0316. The van der Waals surface area contributed by atoms with E-state index in [0.717, 1.165) is 10.7 Å². The summed E-state index contributed by atoms with van der Waals surface area (Å²) in [5, 5.41) is 9.66. The molecule has 2 heterocycles. The summed E-state index contributed by atoms with van der Waals surface area (Å²) in [6.07, 6.45) is 4.17. The molecule has 1 aliphatic rings. The molecule has 1 aromatic heterocycles. The van der Waals surface area contributed by atoms with Crippen LogP contribution >= 0.6 is 35.7 Å². The minimum Gasteiger partial charge on any atom is -0.481 e. The molecule has 8 heteroatoms. The second-order valence-corrected chi connectivity index (χ2v) is 6.84. The molecule has 2 N–H and O–H groups in total. The number of hydrogen-bond acceptors (Lipinski definition) is 5. The highest BCUT2D eigenvalue weighted by molar-refractivity contribution is 8.26. The molecule has 0 unspecified atom stereocenters. The second kappa shape index (κ2) is 7.15. The van der Waals surface area contributed by atoms with Gasteiger partial charge in [0.1, 0.15) is 4.32 Å². The van der Waals surface area contributed by atoms with Crippen LogP contribution in [0.25, 0.3) is 6.08 Å². The van der Waals surface area contributed by atoms with Gasteiger partial charge in [-0.15, -0.1) is 11.8 Å². The number of carbonyl (C=O) groups excluding carboxylic acids is 1. The lowest BCUT2D eigenvalue weighted by molar-refractivity contribution is -0.137. The first-order valence-corrected chi connectivity index (χ1v) is 8.66. The van der Waals surface area contributed by atoms with Crippen molar-refractivity contribution in [2.24, 2.45) is 0 Å². The van der Waals surface area contributed by atoms with Crippen molar-refractivity contribution in [2.75, 3.05) is 12.8 Å². The van der Waals surface area contributed by atoms with E-state index in [9.17, 15) is 9.59 Å². The summed E-state index contributed by atoms with van der Waals surface area (Å²) in [5.41, 5.74) is 0.852. The van der Waals surface area contributed by atoms with E-state index in [1.54, 1.807) is 17.8 Å². The van der Waals surface area contributed by atoms with Crippen molar-refractivity contribution in [2.45, 2.75) is 17.9 Å². The number of nitrogens with one attached hydrogen (secondary N) is 1. The first kappa shape index (κ1) is 16.1. The fraction of sp³-hybridized carbons (Fsp3) is 0.308. The molecule has 0 spiro atoms. The third-order valence-corrected chi connectivity index (χ3v) is 4.89. The standard InChI is InChI=1S/C13H14N2O3S3/c1-20-10-5-4-8(14-10)7-9-12(18)15(13(19)21-9)6-2-3-11(16)17/h4-5,7,14H,2-3,6H2,1H3,(H,16,17). The Labute approximate surface area is 136 Å². The van der Waals surface area contributed by atoms with Gasteiger partial charge in [0.2, 0.25) is 0 Å². The maximum absolute atomic E-state index is 12.3. The van der Waals surface area contributed by atoms with Gasteiger partial charge >= 0.3 is 5.97 Å². The number of hydrogen-bond donors (Lipinski definition) is 2. The number of aliphatic carboxylic acids is 1. The monoisotopic (exact) mass is 342 g/mol. The van der Waals surface area contributed by atoms with Crippen LogP contribution in [0.1, 0.15) is 18.5 Å². The third kappa shape index (κ3) is 4.12. The fourth-order valence-electron chi connectivity index (χ4n) is 1.82. The molecule has 5 nitrogen and oxygen atoms in total. The Morgan fingerprint density at radius 2 is 2.33 bits per heavy atom. The molecule has 1 aliphatic heterocycles. The van der Waals surface area contributed by atoms with Crippen LogP contribution in [0.3, 0.4) is 0 Å². The number of aromatic nitrogens is 1. The average Bonchev–Trinajstić information content (AvgIpc) is 2.98. The van der Waals surface area contributed by atoms with Crippen molar-refractivity contribution in [3.8, 4) is 0 Å². The number of rotatable bonds is 6. The predicted molar refractivity (Wildman–Crippen MR) is 89.3 cm³/mol. The van der Waals surface area contributed by atoms with Crippen LogP contribution in [0, 0.1) is 0 Å². The third-order valence-electron chi connectivity index (χ3n) is 2.83. The largest absolute Gasteiger partial charge is 0.481 e. The van der Waals surface area contributed by atoms with Gasteiger partial charge in [-0.25, -0.2) is 0 Å². The highest BCUT2D eigenvalue weighted by Crippen LogP contribution is 2.32. The van der Waals surface area contributed by atoms with Gasteiger partial charge in [0.25, 0.3) is 5.91 Å². The van der Waals surface area contributed by atoms with Crippen molar-refractivity contribution in [1.82, 2.24) is 9.88 Å². The Hall–Kier alpha value is -1.25. The molecule has 1 fully saturated rings. The van der Waals surface area contributed by atoms with Crippen LogP contribution in [-0.2, 0) is 9.59 Å². The highest BCUT2D eigenvalue weighted by Gasteiger charge is 2.31. The fourth-order valence-corrected chi connectivity index (χ4v) is 3.54. The summed E-state index contributed by atoms with van der Waals surface area (Å²) in [4.78, 5) is 28.0. The molecule has 112 valence electrons. The topological polar surface area (TPSA) is 73.4 Å². The maximum atomic E-state index is 12.3. The van der Waals surface area contributed by atoms with E-state index in [4.69, 9.17) is 17.3 Å². The molecule has 0 atom stereocenters. The normalized spacial score (nSPS) is 17.0. The molecular weight excluding hydrogens is 328 g/mol. The first-order chi connectivity index (χ1) is 10.0. The summed E-state index contributed by atoms with van der Waals surface area (Å²) in [6.45, 7) is 0.342. The molecule has 0 aromatic carbocycles. The van der Waals surface area contributed by atoms with E-state index >= 15 is 0 Å². The zero-order valence-corrected chi connectivity index (χ0v) is 13.7. The SMILES string of the molecule is CSc1ccc(C=C2SC(=S)N(CCCC(=O)O)C2=O)[nH]1. The molecule has 0 radical (unpaired) electrons. The van der Waals surface area contributed by atoms with Crippen LogP contribution < -0.4 is 0 Å². The van der Waals surface area contributed by atoms with E-state index in [-0.39, 0.29) is 12.3 Å². The molecule has 1 aromatic rings. The summed E-state index contributed by atoms with van der Waals surface area (Å²) in [5.74, 6) is -1.03. The number of aromatic amines is 1. The Morgan fingerprint density at radius 1 is 1.57 bits per heavy atom. The number of carboxylic acids is 1. The Kier molecular flexibility index (Phi) is 5.49. The summed E-state index contributed by atoms with van der Waals surface area (Å²) in [7, 11) is 0. The van der Waals surface area contributed by atoms with E-state index in [0.29, 0.717) is 22.2 Å². The number of thiocarbonyl (C=S) groups is 1. The number of H-pyrrole nitrogens is 1. The number of thioether (sulfide) groups is 2. The first-order valence-electron chi connectivity index (χ1n) is 6.21. The quantitative estimate of drug-likeness (QED) is 0.470. The molecular formula is C13H14N2O3S3. The minimum atomic E-state index is -0.869. The van der Waals surface area contributed by atoms with E-state index < -0.39 is 5.97 Å². The lowest BCUT2D eigenvalue weighted by Gasteiger charge is -2.13. The van der Waals surface area contributed by atoms with E-state index in [1.807, 2.05) is 18.4 Å². The van der Waals surface area contributed by atoms with Crippen molar-refractivity contribution in [1.29, 1.82) is 0 Å². The van der Waals surface area contributed by atoms with Gasteiger partial charge in [-0.05, 0) is 30.9 Å². The van der Waals surface area contributed by atoms with Crippen molar-refractivity contribution >= 4 is 58.0 Å². The molecule has 2 rings (SSSR count). The van der Waals surface area contributed by atoms with Crippen LogP contribution in [0.5, 0.6) is 0 Å². The second-order valence-electron chi connectivity index (χ2n) is 4.31. The van der Waals surface area contributed by atoms with Gasteiger partial charge in [-0.3, -0.25) is 14.5 Å². The van der Waals surface area contributed by atoms with E-state index in [2.05, 4.69) is 4.98 Å². The van der Waals surface area contributed by atoms with Gasteiger partial charge in [0.05, 0.1) is 9.93 Å². The van der Waals surface area contributed by atoms with Crippen molar-refractivity contribution < 1.29 is 14.7 Å². The Bertz CT molecular complexity index is 610. The molecule has 0 saturated carbocycles. The van der Waals surface area contributed by atoms with Crippen LogP contribution in [0.15, 0.2) is 22.1 Å². The number of carbonyl (C=O) groups is 2. The van der Waals surface area contributed by atoms with Crippen molar-refractivity contribution in [3.05, 3.63) is 22.7 Å². The number of nitrogens with zero attached hydrogens (tertiary/aromatic N) is 1. The van der Waals surface area contributed by atoms with Crippen LogP contribution in [-0.4, -0.2) is 44.0 Å². The molecule has 0 bridgehead atoms. The average molecular weight is 342 g/mol. The lowest BCUT2D eigenvalue weighted by Crippen LogP contribution is -2.29. The summed E-state index contributed by atoms with van der Waals surface area (Å²) >= 11 is 8.03. The van der Waals surface area contributed by atoms with Crippen LogP contribution in [0.2, 0.25) is 0 Å². The Morgan fingerprint density at radius 3 is 2.95 bits per heavy atom. The van der Waals surface area contributed by atoms with Gasteiger partial charge in [0, 0.05) is 18.7 Å². The summed E-state index contributed by atoms with van der Waals surface area (Å²) in [6, 6.07) is 3.85. The van der Waals surface area contributed by atoms with E-state index in [1.165, 1.54) is 16.7 Å². The van der Waals surface area contributed by atoms with Gasteiger partial charge < -0.3 is 10.1 Å². The zero-order chi connectivity index (χ0) is 15.4. The van der Waals surface area contributed by atoms with Gasteiger partial charge in [-0.2, -0.15) is 0 Å². The predicted octanol–water partition coefficient (Wildman–Crippen LogP) is 2.80. The number of amides is 1. The van der Waals surface area contributed by atoms with Gasteiger partial charge in [-0.1, -0.05) is 24.0 Å². The molecule has 1 amide bonds. The molecule has 21 heavy (non-hydrogen) atoms. The smallest absolute Gasteiger partial charge is 0.303 e. The number of carboxylic acid groups (broad SMARTS) is 1. The Balaban J connectivity index is 2.04. The van der Waals surface area contributed by atoms with Crippen molar-refractivity contribution in [3.63, 3.8) is 0 Å². The lowest BCUT2D eigenvalue weighted by atomic mass is 10.3. The maximum Gasteiger partial charge on any atom is 0.303 e.